The predicted molar refractivity (Wildman–Crippen MR) is 97.2 cm³/mol. The van der Waals surface area contributed by atoms with Gasteiger partial charge in [-0.25, -0.2) is 0 Å². The van der Waals surface area contributed by atoms with Gasteiger partial charge in [0.05, 0.1) is 30.2 Å². The van der Waals surface area contributed by atoms with E-state index in [4.69, 9.17) is 18.6 Å². The summed E-state index contributed by atoms with van der Waals surface area (Å²) < 4.78 is 25.7. The average Bonchev–Trinajstić information content (AvgIpc) is 2.32. The van der Waals surface area contributed by atoms with Crippen molar-refractivity contribution in [2.24, 2.45) is 11.3 Å². The molecular weight excluding hydrogens is 320 g/mol. The summed E-state index contributed by atoms with van der Waals surface area (Å²) >= 11 is 0. The van der Waals surface area contributed by atoms with Crippen molar-refractivity contribution in [3.05, 3.63) is 11.8 Å². The molecule has 0 N–H and O–H groups in total. The lowest BCUT2D eigenvalue weighted by atomic mass is 9.64. The lowest BCUT2D eigenvalue weighted by molar-refractivity contribution is -0.363. The molecule has 0 saturated carbocycles. The molecule has 0 bridgehead atoms. The molecule has 4 atom stereocenters. The van der Waals surface area contributed by atoms with E-state index in [1.54, 1.807) is 0 Å². The van der Waals surface area contributed by atoms with Crippen LogP contribution in [0.25, 0.3) is 0 Å². The molecule has 2 heterocycles. The van der Waals surface area contributed by atoms with Gasteiger partial charge in [-0.2, -0.15) is 0 Å². The van der Waals surface area contributed by atoms with Crippen molar-refractivity contribution >= 4 is 8.32 Å². The standard InChI is InChI=1S/C19H34O4Si/c1-13-9-14-19(15(10-13)23-24(6,7)8)12-20-18(4,5)22-16(19)11-17(2,3)21-14/h10,13-14,16H,9,11-12H2,1-8H3/t13-,14-,16-,19-/m1/s1. The minimum absolute atomic E-state index is 0.0603. The number of hydrogen-bond donors (Lipinski definition) is 0. The lowest BCUT2D eigenvalue weighted by Crippen LogP contribution is -2.67. The highest BCUT2D eigenvalue weighted by Gasteiger charge is 2.62. The highest BCUT2D eigenvalue weighted by Crippen LogP contribution is 2.56. The molecule has 0 aromatic heterocycles. The second-order valence-electron chi connectivity index (χ2n) is 9.86. The molecule has 3 aliphatic rings. The first-order valence-corrected chi connectivity index (χ1v) is 12.6. The van der Waals surface area contributed by atoms with E-state index in [1.807, 2.05) is 13.8 Å². The molecule has 0 radical (unpaired) electrons. The van der Waals surface area contributed by atoms with Crippen LogP contribution in [0.1, 0.15) is 47.5 Å². The van der Waals surface area contributed by atoms with Gasteiger partial charge in [0, 0.05) is 6.42 Å². The van der Waals surface area contributed by atoms with Gasteiger partial charge in [-0.15, -0.1) is 0 Å². The molecule has 1 spiro atoms. The van der Waals surface area contributed by atoms with E-state index in [0.717, 1.165) is 18.6 Å². The third kappa shape index (κ3) is 3.33. The summed E-state index contributed by atoms with van der Waals surface area (Å²) in [6.07, 6.45) is 4.29. The Hall–Kier alpha value is -0.363. The van der Waals surface area contributed by atoms with E-state index in [-0.39, 0.29) is 23.2 Å². The first kappa shape index (κ1) is 18.4. The minimum Gasteiger partial charge on any atom is -0.547 e. The van der Waals surface area contributed by atoms with Gasteiger partial charge in [0.2, 0.25) is 8.32 Å². The summed E-state index contributed by atoms with van der Waals surface area (Å²) in [5, 5.41) is 0. The molecule has 24 heavy (non-hydrogen) atoms. The van der Waals surface area contributed by atoms with E-state index in [2.05, 4.69) is 46.5 Å². The van der Waals surface area contributed by atoms with Gasteiger partial charge in [0.15, 0.2) is 5.79 Å². The van der Waals surface area contributed by atoms with Crippen LogP contribution < -0.4 is 0 Å². The van der Waals surface area contributed by atoms with E-state index in [9.17, 15) is 0 Å². The Kier molecular flexibility index (Phi) is 4.27. The number of allylic oxidation sites excluding steroid dienone is 1. The van der Waals surface area contributed by atoms with Crippen LogP contribution in [-0.2, 0) is 18.6 Å². The monoisotopic (exact) mass is 354 g/mol. The zero-order valence-corrected chi connectivity index (χ0v) is 17.6. The quantitative estimate of drug-likeness (QED) is 0.686. The summed E-state index contributed by atoms with van der Waals surface area (Å²) in [7, 11) is -1.74. The number of hydrogen-bond acceptors (Lipinski definition) is 4. The summed E-state index contributed by atoms with van der Waals surface area (Å²) in [6, 6.07) is 0. The number of ether oxygens (including phenoxy) is 3. The molecule has 4 nitrogen and oxygen atoms in total. The smallest absolute Gasteiger partial charge is 0.241 e. The molecule has 0 unspecified atom stereocenters. The second kappa shape index (κ2) is 5.57. The Morgan fingerprint density at radius 3 is 2.38 bits per heavy atom. The summed E-state index contributed by atoms with van der Waals surface area (Å²) in [5.41, 5.74) is -0.495. The highest BCUT2D eigenvalue weighted by molar-refractivity contribution is 6.70. The van der Waals surface area contributed by atoms with Gasteiger partial charge in [-0.1, -0.05) is 6.92 Å². The molecule has 0 aromatic carbocycles. The van der Waals surface area contributed by atoms with Crippen molar-refractivity contribution in [1.82, 2.24) is 0 Å². The molecule has 5 heteroatoms. The fraction of sp³-hybridized carbons (Fsp3) is 0.895. The maximum atomic E-state index is 6.58. The summed E-state index contributed by atoms with van der Waals surface area (Å²) in [5.74, 6) is 0.944. The van der Waals surface area contributed by atoms with Crippen LogP contribution in [0.3, 0.4) is 0 Å². The summed E-state index contributed by atoms with van der Waals surface area (Å²) in [6.45, 7) is 17.9. The largest absolute Gasteiger partial charge is 0.547 e. The normalized spacial score (nSPS) is 41.0. The van der Waals surface area contributed by atoms with Crippen molar-refractivity contribution in [1.29, 1.82) is 0 Å². The maximum Gasteiger partial charge on any atom is 0.241 e. The van der Waals surface area contributed by atoms with Crippen LogP contribution in [0.2, 0.25) is 19.6 Å². The van der Waals surface area contributed by atoms with Crippen LogP contribution in [0, 0.1) is 11.3 Å². The van der Waals surface area contributed by atoms with Crippen molar-refractivity contribution in [3.63, 3.8) is 0 Å². The first-order chi connectivity index (χ1) is 10.8. The van der Waals surface area contributed by atoms with E-state index >= 15 is 0 Å². The number of rotatable bonds is 2. The Labute approximate surface area is 148 Å². The molecule has 3 rings (SSSR count). The highest BCUT2D eigenvalue weighted by atomic mass is 28.4. The zero-order valence-electron chi connectivity index (χ0n) is 16.6. The molecule has 1 aliphatic carbocycles. The van der Waals surface area contributed by atoms with Crippen LogP contribution in [-0.4, -0.2) is 38.5 Å². The van der Waals surface area contributed by atoms with Crippen molar-refractivity contribution in [2.45, 2.75) is 90.7 Å². The SMILES string of the molecule is C[C@H]1C=C(O[Si](C)(C)C)[C@]23COC(C)(C)O[C@@H]2CC(C)(C)O[C@@H]3C1. The van der Waals surface area contributed by atoms with E-state index < -0.39 is 14.1 Å². The third-order valence-electron chi connectivity index (χ3n) is 5.27. The van der Waals surface area contributed by atoms with Crippen LogP contribution in [0.5, 0.6) is 0 Å². The van der Waals surface area contributed by atoms with Crippen molar-refractivity contribution in [2.75, 3.05) is 6.61 Å². The third-order valence-corrected chi connectivity index (χ3v) is 6.10. The topological polar surface area (TPSA) is 36.9 Å². The fourth-order valence-corrected chi connectivity index (χ4v) is 5.22. The van der Waals surface area contributed by atoms with Crippen LogP contribution >= 0.6 is 0 Å². The van der Waals surface area contributed by atoms with Gasteiger partial charge in [0.25, 0.3) is 0 Å². The fourth-order valence-electron chi connectivity index (χ4n) is 4.30. The maximum absolute atomic E-state index is 6.58. The molecule has 2 fully saturated rings. The Morgan fingerprint density at radius 2 is 1.75 bits per heavy atom. The van der Waals surface area contributed by atoms with Gasteiger partial charge in [0.1, 0.15) is 5.41 Å². The van der Waals surface area contributed by atoms with E-state index in [0.29, 0.717) is 12.5 Å². The average molecular weight is 355 g/mol. The first-order valence-electron chi connectivity index (χ1n) is 9.24. The Balaban J connectivity index is 2.05. The Bertz CT molecular complexity index is 532. The molecule has 0 aromatic rings. The van der Waals surface area contributed by atoms with Gasteiger partial charge < -0.3 is 18.6 Å². The zero-order chi connectivity index (χ0) is 18.0. The molecule has 2 aliphatic heterocycles. The summed E-state index contributed by atoms with van der Waals surface area (Å²) in [4.78, 5) is 0. The molecule has 2 saturated heterocycles. The van der Waals surface area contributed by atoms with Crippen LogP contribution in [0.4, 0.5) is 0 Å². The van der Waals surface area contributed by atoms with Crippen LogP contribution in [0.15, 0.2) is 11.8 Å². The van der Waals surface area contributed by atoms with Gasteiger partial charge in [-0.3, -0.25) is 0 Å². The Morgan fingerprint density at radius 1 is 1.08 bits per heavy atom. The van der Waals surface area contributed by atoms with Crippen molar-refractivity contribution in [3.8, 4) is 0 Å². The predicted octanol–water partition coefficient (Wildman–Crippen LogP) is 4.47. The van der Waals surface area contributed by atoms with Crippen molar-refractivity contribution < 1.29 is 18.6 Å². The second-order valence-corrected chi connectivity index (χ2v) is 14.3. The molecule has 0 amide bonds. The lowest BCUT2D eigenvalue weighted by Gasteiger charge is -2.60. The molecule has 138 valence electrons. The van der Waals surface area contributed by atoms with Gasteiger partial charge in [-0.05, 0) is 65.8 Å². The van der Waals surface area contributed by atoms with Gasteiger partial charge >= 0.3 is 0 Å². The molecular formula is C19H34O4Si. The minimum atomic E-state index is -1.74. The van der Waals surface area contributed by atoms with E-state index in [1.165, 1.54) is 0 Å².